The van der Waals surface area contributed by atoms with Gasteiger partial charge in [-0.3, -0.25) is 0 Å². The van der Waals surface area contributed by atoms with Gasteiger partial charge in [0.15, 0.2) is 5.58 Å². The zero-order chi connectivity index (χ0) is 16.5. The van der Waals surface area contributed by atoms with Gasteiger partial charge in [0.2, 0.25) is 0 Å². The maximum absolute atomic E-state index is 13.3. The number of halogens is 1. The minimum absolute atomic E-state index is 0.0341. The van der Waals surface area contributed by atoms with Gasteiger partial charge in [-0.25, -0.2) is 14.4 Å². The van der Waals surface area contributed by atoms with E-state index in [1.165, 1.54) is 12.1 Å². The van der Waals surface area contributed by atoms with Crippen LogP contribution in [0.15, 0.2) is 35.0 Å². The number of hydrogen-bond acceptors (Lipinski definition) is 6. The molecule has 1 fully saturated rings. The average Bonchev–Trinajstić information content (AvgIpc) is 3.00. The molecule has 0 N–H and O–H groups in total. The Kier molecular flexibility index (Phi) is 3.76. The zero-order valence-corrected chi connectivity index (χ0v) is 13.3. The number of benzene rings is 1. The van der Waals surface area contributed by atoms with Gasteiger partial charge in [0.25, 0.3) is 6.01 Å². The second-order valence-corrected chi connectivity index (χ2v) is 5.98. The number of oxazole rings is 1. The van der Waals surface area contributed by atoms with E-state index in [4.69, 9.17) is 9.15 Å². The molecule has 1 saturated heterocycles. The standard InChI is InChI=1S/C17H17FN4O2/c1-11-8-19-16(20-9-11)23-13-3-2-6-22(10-13)17-21-14-5-4-12(18)7-15(14)24-17/h4-5,7-9,13H,2-3,6,10H2,1H3. The Morgan fingerprint density at radius 2 is 2.12 bits per heavy atom. The largest absolute Gasteiger partial charge is 0.458 e. The molecule has 0 amide bonds. The topological polar surface area (TPSA) is 64.3 Å². The van der Waals surface area contributed by atoms with Crippen LogP contribution in [0.4, 0.5) is 10.4 Å². The fourth-order valence-corrected chi connectivity index (χ4v) is 2.82. The van der Waals surface area contributed by atoms with Crippen LogP contribution in [0, 0.1) is 12.7 Å². The molecule has 0 radical (unpaired) electrons. The molecule has 0 spiro atoms. The van der Waals surface area contributed by atoms with E-state index in [-0.39, 0.29) is 11.9 Å². The summed E-state index contributed by atoms with van der Waals surface area (Å²) in [6.07, 6.45) is 5.30. The molecule has 7 heteroatoms. The van der Waals surface area contributed by atoms with Crippen molar-refractivity contribution >= 4 is 17.1 Å². The molecule has 1 atom stereocenters. The maximum Gasteiger partial charge on any atom is 0.316 e. The predicted octanol–water partition coefficient (Wildman–Crippen LogP) is 3.11. The summed E-state index contributed by atoms with van der Waals surface area (Å²) in [4.78, 5) is 14.8. The summed E-state index contributed by atoms with van der Waals surface area (Å²) in [5.41, 5.74) is 2.09. The van der Waals surface area contributed by atoms with E-state index in [2.05, 4.69) is 15.0 Å². The molecule has 0 saturated carbocycles. The van der Waals surface area contributed by atoms with Gasteiger partial charge in [0.05, 0.1) is 6.54 Å². The van der Waals surface area contributed by atoms with Crippen molar-refractivity contribution in [2.45, 2.75) is 25.9 Å². The molecular weight excluding hydrogens is 311 g/mol. The number of rotatable bonds is 3. The Morgan fingerprint density at radius 3 is 2.96 bits per heavy atom. The van der Waals surface area contributed by atoms with Gasteiger partial charge in [-0.05, 0) is 37.5 Å². The SMILES string of the molecule is Cc1cnc(OC2CCCN(c3nc4ccc(F)cc4o3)C2)nc1. The average molecular weight is 328 g/mol. The first kappa shape index (κ1) is 14.9. The minimum atomic E-state index is -0.332. The van der Waals surface area contributed by atoms with Crippen molar-refractivity contribution in [2.75, 3.05) is 18.0 Å². The maximum atomic E-state index is 13.3. The first-order chi connectivity index (χ1) is 11.7. The lowest BCUT2D eigenvalue weighted by atomic mass is 10.1. The summed E-state index contributed by atoms with van der Waals surface area (Å²) in [6.45, 7) is 3.39. The highest BCUT2D eigenvalue weighted by atomic mass is 19.1. The van der Waals surface area contributed by atoms with Gasteiger partial charge in [-0.1, -0.05) is 0 Å². The van der Waals surface area contributed by atoms with Crippen LogP contribution in [-0.4, -0.2) is 34.1 Å². The molecule has 4 rings (SSSR count). The monoisotopic (exact) mass is 328 g/mol. The van der Waals surface area contributed by atoms with Crippen molar-refractivity contribution in [3.63, 3.8) is 0 Å². The van der Waals surface area contributed by atoms with Crippen LogP contribution in [-0.2, 0) is 0 Å². The normalized spacial score (nSPS) is 18.1. The smallest absolute Gasteiger partial charge is 0.316 e. The van der Waals surface area contributed by atoms with Crippen molar-refractivity contribution in [1.29, 1.82) is 0 Å². The summed E-state index contributed by atoms with van der Waals surface area (Å²) in [5.74, 6) is -0.332. The van der Waals surface area contributed by atoms with E-state index in [0.29, 0.717) is 29.7 Å². The van der Waals surface area contributed by atoms with Crippen LogP contribution < -0.4 is 9.64 Å². The molecule has 1 aromatic carbocycles. The van der Waals surface area contributed by atoms with Crippen molar-refractivity contribution < 1.29 is 13.5 Å². The van der Waals surface area contributed by atoms with Crippen molar-refractivity contribution in [2.24, 2.45) is 0 Å². The first-order valence-electron chi connectivity index (χ1n) is 7.94. The molecule has 2 aromatic heterocycles. The van der Waals surface area contributed by atoms with E-state index < -0.39 is 0 Å². The van der Waals surface area contributed by atoms with Gasteiger partial charge >= 0.3 is 6.01 Å². The number of hydrogen-bond donors (Lipinski definition) is 0. The lowest BCUT2D eigenvalue weighted by Crippen LogP contribution is -2.41. The highest BCUT2D eigenvalue weighted by Crippen LogP contribution is 2.26. The Hall–Kier alpha value is -2.70. The molecule has 6 nitrogen and oxygen atoms in total. The summed E-state index contributed by atoms with van der Waals surface area (Å²) in [5, 5.41) is 0. The van der Waals surface area contributed by atoms with Crippen LogP contribution in [0.3, 0.4) is 0 Å². The Bertz CT molecular complexity index is 849. The third-order valence-electron chi connectivity index (χ3n) is 4.02. The predicted molar refractivity (Wildman–Crippen MR) is 86.6 cm³/mol. The van der Waals surface area contributed by atoms with E-state index in [9.17, 15) is 4.39 Å². The molecule has 1 unspecified atom stereocenters. The van der Waals surface area contributed by atoms with Crippen LogP contribution in [0.5, 0.6) is 6.01 Å². The van der Waals surface area contributed by atoms with Gasteiger partial charge in [-0.2, -0.15) is 4.98 Å². The van der Waals surface area contributed by atoms with Crippen molar-refractivity contribution in [3.8, 4) is 6.01 Å². The molecule has 1 aliphatic heterocycles. The molecule has 0 bridgehead atoms. The summed E-state index contributed by atoms with van der Waals surface area (Å²) in [6, 6.07) is 5.23. The number of anilines is 1. The third-order valence-corrected chi connectivity index (χ3v) is 4.02. The lowest BCUT2D eigenvalue weighted by Gasteiger charge is -2.31. The zero-order valence-electron chi connectivity index (χ0n) is 13.3. The fraction of sp³-hybridized carbons (Fsp3) is 0.353. The van der Waals surface area contributed by atoms with Gasteiger partial charge in [0.1, 0.15) is 17.4 Å². The molecule has 1 aliphatic rings. The highest BCUT2D eigenvalue weighted by Gasteiger charge is 2.25. The Morgan fingerprint density at radius 1 is 1.29 bits per heavy atom. The van der Waals surface area contributed by atoms with E-state index in [0.717, 1.165) is 24.9 Å². The van der Waals surface area contributed by atoms with Crippen LogP contribution in [0.2, 0.25) is 0 Å². The van der Waals surface area contributed by atoms with Crippen LogP contribution in [0.1, 0.15) is 18.4 Å². The lowest BCUT2D eigenvalue weighted by molar-refractivity contribution is 0.162. The number of aryl methyl sites for hydroxylation is 1. The van der Waals surface area contributed by atoms with Gasteiger partial charge in [0, 0.05) is 25.0 Å². The molecule has 3 heterocycles. The number of ether oxygens (including phenoxy) is 1. The summed E-state index contributed by atoms with van der Waals surface area (Å²) in [7, 11) is 0. The van der Waals surface area contributed by atoms with Gasteiger partial charge < -0.3 is 14.1 Å². The van der Waals surface area contributed by atoms with E-state index in [1.54, 1.807) is 18.5 Å². The second-order valence-electron chi connectivity index (χ2n) is 5.98. The van der Waals surface area contributed by atoms with E-state index >= 15 is 0 Å². The number of fused-ring (bicyclic) bond motifs is 1. The summed E-state index contributed by atoms with van der Waals surface area (Å²) < 4.78 is 24.8. The number of piperidine rings is 1. The van der Waals surface area contributed by atoms with Crippen molar-refractivity contribution in [1.82, 2.24) is 15.0 Å². The second kappa shape index (κ2) is 6.07. The number of nitrogens with zero attached hydrogens (tertiary/aromatic N) is 4. The van der Waals surface area contributed by atoms with Crippen LogP contribution >= 0.6 is 0 Å². The molecule has 3 aromatic rings. The first-order valence-corrected chi connectivity index (χ1v) is 7.94. The third kappa shape index (κ3) is 3.02. The van der Waals surface area contributed by atoms with E-state index in [1.807, 2.05) is 11.8 Å². The fourth-order valence-electron chi connectivity index (χ4n) is 2.82. The highest BCUT2D eigenvalue weighted by molar-refractivity contribution is 5.74. The summed E-state index contributed by atoms with van der Waals surface area (Å²) >= 11 is 0. The quantitative estimate of drug-likeness (QED) is 0.736. The van der Waals surface area contributed by atoms with Crippen LogP contribution in [0.25, 0.3) is 11.1 Å². The Balaban J connectivity index is 1.50. The van der Waals surface area contributed by atoms with Crippen molar-refractivity contribution in [3.05, 3.63) is 42.0 Å². The molecular formula is C17H17FN4O2. The molecule has 124 valence electrons. The Labute approximate surface area is 138 Å². The molecule has 0 aliphatic carbocycles. The number of aromatic nitrogens is 3. The van der Waals surface area contributed by atoms with Gasteiger partial charge in [-0.15, -0.1) is 0 Å². The minimum Gasteiger partial charge on any atom is -0.458 e. The molecule has 24 heavy (non-hydrogen) atoms.